The number of urea groups is 1. The van der Waals surface area contributed by atoms with Crippen molar-refractivity contribution in [1.82, 2.24) is 10.6 Å². The highest BCUT2D eigenvalue weighted by Crippen LogP contribution is 2.09. The molecular weight excluding hydrogens is 270 g/mol. The molecule has 0 aliphatic heterocycles. The molecule has 0 fully saturated rings. The molecule has 19 heavy (non-hydrogen) atoms. The molecule has 0 saturated carbocycles. The molecule has 0 atom stereocenters. The molecule has 0 bridgehead atoms. The molecule has 2 rings (SSSR count). The number of amides is 2. The predicted molar refractivity (Wildman–Crippen MR) is 69.8 cm³/mol. The third-order valence-electron chi connectivity index (χ3n) is 2.46. The van der Waals surface area contributed by atoms with Crippen LogP contribution in [0.4, 0.5) is 13.6 Å². The number of hydrogen-bond donors (Lipinski definition) is 2. The van der Waals surface area contributed by atoms with E-state index in [-0.39, 0.29) is 12.1 Å². The number of carbonyl (C=O) groups excluding carboxylic acids is 1. The van der Waals surface area contributed by atoms with E-state index in [0.29, 0.717) is 6.54 Å². The van der Waals surface area contributed by atoms with Gasteiger partial charge in [0.25, 0.3) is 0 Å². The molecule has 0 radical (unpaired) electrons. The van der Waals surface area contributed by atoms with E-state index in [1.807, 2.05) is 17.5 Å². The second-order valence-electron chi connectivity index (χ2n) is 3.85. The van der Waals surface area contributed by atoms with Crippen molar-refractivity contribution in [1.29, 1.82) is 0 Å². The quantitative estimate of drug-likeness (QED) is 0.889. The number of hydrogen-bond acceptors (Lipinski definition) is 2. The SMILES string of the molecule is O=C(NCc1cccs1)NCc1ccc(F)cc1F. The molecule has 6 heteroatoms. The molecule has 0 unspecified atom stereocenters. The first-order valence-electron chi connectivity index (χ1n) is 5.63. The molecule has 0 spiro atoms. The van der Waals surface area contributed by atoms with Gasteiger partial charge in [-0.15, -0.1) is 11.3 Å². The number of halogens is 2. The van der Waals surface area contributed by atoms with Gasteiger partial charge in [0.15, 0.2) is 0 Å². The molecule has 1 aromatic carbocycles. The summed E-state index contributed by atoms with van der Waals surface area (Å²) < 4.78 is 26.0. The van der Waals surface area contributed by atoms with Crippen molar-refractivity contribution in [2.45, 2.75) is 13.1 Å². The summed E-state index contributed by atoms with van der Waals surface area (Å²) in [6.07, 6.45) is 0. The van der Waals surface area contributed by atoms with Crippen molar-refractivity contribution in [3.8, 4) is 0 Å². The molecule has 2 aromatic rings. The van der Waals surface area contributed by atoms with E-state index in [2.05, 4.69) is 10.6 Å². The molecule has 2 amide bonds. The second-order valence-corrected chi connectivity index (χ2v) is 4.88. The highest BCUT2D eigenvalue weighted by Gasteiger charge is 2.06. The van der Waals surface area contributed by atoms with Crippen LogP contribution in [0.25, 0.3) is 0 Å². The van der Waals surface area contributed by atoms with Crippen LogP contribution >= 0.6 is 11.3 Å². The Kier molecular flexibility index (Phi) is 4.46. The summed E-state index contributed by atoms with van der Waals surface area (Å²) in [6, 6.07) is 6.67. The minimum Gasteiger partial charge on any atom is -0.334 e. The summed E-state index contributed by atoms with van der Waals surface area (Å²) in [6.45, 7) is 0.442. The van der Waals surface area contributed by atoms with E-state index in [9.17, 15) is 13.6 Å². The molecule has 2 N–H and O–H groups in total. The van der Waals surface area contributed by atoms with E-state index >= 15 is 0 Å². The summed E-state index contributed by atoms with van der Waals surface area (Å²) in [4.78, 5) is 12.5. The minimum atomic E-state index is -0.668. The van der Waals surface area contributed by atoms with E-state index < -0.39 is 17.7 Å². The fraction of sp³-hybridized carbons (Fsp3) is 0.154. The van der Waals surface area contributed by atoms with Crippen molar-refractivity contribution < 1.29 is 13.6 Å². The van der Waals surface area contributed by atoms with Gasteiger partial charge in [0, 0.05) is 23.1 Å². The predicted octanol–water partition coefficient (Wildman–Crippen LogP) is 3.03. The lowest BCUT2D eigenvalue weighted by Gasteiger charge is -2.07. The maximum Gasteiger partial charge on any atom is 0.315 e. The molecule has 3 nitrogen and oxygen atoms in total. The molecule has 0 aliphatic carbocycles. The fourth-order valence-corrected chi connectivity index (χ4v) is 2.13. The smallest absolute Gasteiger partial charge is 0.315 e. The van der Waals surface area contributed by atoms with E-state index in [4.69, 9.17) is 0 Å². The zero-order valence-corrected chi connectivity index (χ0v) is 10.8. The highest BCUT2D eigenvalue weighted by atomic mass is 32.1. The van der Waals surface area contributed by atoms with Crippen LogP contribution in [0.5, 0.6) is 0 Å². The van der Waals surface area contributed by atoms with Gasteiger partial charge in [0.05, 0.1) is 6.54 Å². The lowest BCUT2D eigenvalue weighted by Crippen LogP contribution is -2.34. The maximum absolute atomic E-state index is 13.3. The fourth-order valence-electron chi connectivity index (χ4n) is 1.48. The minimum absolute atomic E-state index is 0.0163. The Morgan fingerprint density at radius 1 is 1.16 bits per heavy atom. The first-order chi connectivity index (χ1) is 9.15. The summed E-state index contributed by atoms with van der Waals surface area (Å²) >= 11 is 1.54. The van der Waals surface area contributed by atoms with Gasteiger partial charge in [-0.2, -0.15) is 0 Å². The number of thiophene rings is 1. The standard InChI is InChI=1S/C13H12F2N2OS/c14-10-4-3-9(12(15)6-10)7-16-13(18)17-8-11-2-1-5-19-11/h1-6H,7-8H2,(H2,16,17,18). The van der Waals surface area contributed by atoms with Crippen LogP contribution in [0.3, 0.4) is 0 Å². The first kappa shape index (κ1) is 13.5. The Labute approximate surface area is 113 Å². The van der Waals surface area contributed by atoms with E-state index in [1.165, 1.54) is 17.4 Å². The van der Waals surface area contributed by atoms with Crippen LogP contribution < -0.4 is 10.6 Å². The zero-order chi connectivity index (χ0) is 13.7. The Bertz CT molecular complexity index is 558. The van der Waals surface area contributed by atoms with Crippen molar-refractivity contribution >= 4 is 17.4 Å². The van der Waals surface area contributed by atoms with Crippen LogP contribution in [-0.2, 0) is 13.1 Å². The van der Waals surface area contributed by atoms with Gasteiger partial charge < -0.3 is 10.6 Å². The van der Waals surface area contributed by atoms with E-state index in [0.717, 1.165) is 17.0 Å². The Morgan fingerprint density at radius 2 is 1.95 bits per heavy atom. The van der Waals surface area contributed by atoms with Crippen LogP contribution in [-0.4, -0.2) is 6.03 Å². The Morgan fingerprint density at radius 3 is 2.63 bits per heavy atom. The molecular formula is C13H12F2N2OS. The number of rotatable bonds is 4. The van der Waals surface area contributed by atoms with Crippen molar-refractivity contribution in [3.63, 3.8) is 0 Å². The van der Waals surface area contributed by atoms with Gasteiger partial charge in [-0.1, -0.05) is 12.1 Å². The molecule has 1 aromatic heterocycles. The van der Waals surface area contributed by atoms with Crippen molar-refractivity contribution in [2.24, 2.45) is 0 Å². The molecule has 0 saturated heterocycles. The van der Waals surface area contributed by atoms with E-state index in [1.54, 1.807) is 0 Å². The summed E-state index contributed by atoms with van der Waals surface area (Å²) in [5, 5.41) is 7.08. The number of nitrogens with one attached hydrogen (secondary N) is 2. The third kappa shape index (κ3) is 4.03. The van der Waals surface area contributed by atoms with Gasteiger partial charge in [-0.3, -0.25) is 0 Å². The summed E-state index contributed by atoms with van der Waals surface area (Å²) in [7, 11) is 0. The normalized spacial score (nSPS) is 10.2. The topological polar surface area (TPSA) is 41.1 Å². The average Bonchev–Trinajstić information content (AvgIpc) is 2.88. The molecule has 1 heterocycles. The largest absolute Gasteiger partial charge is 0.334 e. The lowest BCUT2D eigenvalue weighted by atomic mass is 10.2. The summed E-state index contributed by atoms with van der Waals surface area (Å²) in [5.41, 5.74) is 0.243. The van der Waals surface area contributed by atoms with Gasteiger partial charge in [-0.25, -0.2) is 13.6 Å². The number of benzene rings is 1. The molecule has 100 valence electrons. The van der Waals surface area contributed by atoms with Crippen LogP contribution in [0, 0.1) is 11.6 Å². The maximum atomic E-state index is 13.3. The lowest BCUT2D eigenvalue weighted by molar-refractivity contribution is 0.240. The third-order valence-corrected chi connectivity index (χ3v) is 3.33. The monoisotopic (exact) mass is 282 g/mol. The van der Waals surface area contributed by atoms with Crippen molar-refractivity contribution in [3.05, 3.63) is 57.8 Å². The Balaban J connectivity index is 1.80. The van der Waals surface area contributed by atoms with Gasteiger partial charge >= 0.3 is 6.03 Å². The van der Waals surface area contributed by atoms with Crippen molar-refractivity contribution in [2.75, 3.05) is 0 Å². The zero-order valence-electron chi connectivity index (χ0n) is 9.95. The first-order valence-corrected chi connectivity index (χ1v) is 6.51. The van der Waals surface area contributed by atoms with Crippen LogP contribution in [0.1, 0.15) is 10.4 Å². The Hall–Kier alpha value is -1.95. The van der Waals surface area contributed by atoms with Gasteiger partial charge in [0.1, 0.15) is 11.6 Å². The van der Waals surface area contributed by atoms with Gasteiger partial charge in [-0.05, 0) is 17.5 Å². The summed E-state index contributed by atoms with van der Waals surface area (Å²) in [5.74, 6) is -1.30. The highest BCUT2D eigenvalue weighted by molar-refractivity contribution is 7.09. The average molecular weight is 282 g/mol. The molecule has 0 aliphatic rings. The second kappa shape index (κ2) is 6.29. The number of carbonyl (C=O) groups is 1. The van der Waals surface area contributed by atoms with Gasteiger partial charge in [0.2, 0.25) is 0 Å². The van der Waals surface area contributed by atoms with Crippen LogP contribution in [0.2, 0.25) is 0 Å². The van der Waals surface area contributed by atoms with Crippen LogP contribution in [0.15, 0.2) is 35.7 Å².